The summed E-state index contributed by atoms with van der Waals surface area (Å²) in [5.41, 5.74) is 2.04. The van der Waals surface area contributed by atoms with Crippen molar-refractivity contribution in [2.75, 3.05) is 7.11 Å². The molecule has 1 aromatic heterocycles. The number of carboxylic acids is 1. The number of hydrogen-bond donors (Lipinski definition) is 2. The van der Waals surface area contributed by atoms with Crippen LogP contribution in [0.4, 0.5) is 0 Å². The van der Waals surface area contributed by atoms with Gasteiger partial charge in [-0.3, -0.25) is 9.59 Å². The Kier molecular flexibility index (Phi) is 6.79. The van der Waals surface area contributed by atoms with Gasteiger partial charge in [-0.25, -0.2) is 4.98 Å². The Bertz CT molecular complexity index is 791. The van der Waals surface area contributed by atoms with Crippen LogP contribution < -0.4 is 14.8 Å². The molecule has 0 aliphatic heterocycles. The average Bonchev–Trinajstić information content (AvgIpc) is 3.12. The fourth-order valence-electron chi connectivity index (χ4n) is 2.43. The predicted octanol–water partition coefficient (Wildman–Crippen LogP) is 3.35. The van der Waals surface area contributed by atoms with E-state index >= 15 is 0 Å². The quantitative estimate of drug-likeness (QED) is 0.679. The van der Waals surface area contributed by atoms with E-state index in [1.807, 2.05) is 19.2 Å². The summed E-state index contributed by atoms with van der Waals surface area (Å²) in [6.07, 6.45) is -0.164. The van der Waals surface area contributed by atoms with E-state index in [1.165, 1.54) is 18.4 Å². The second-order valence-corrected chi connectivity index (χ2v) is 7.45. The van der Waals surface area contributed by atoms with Crippen LogP contribution in [0.2, 0.25) is 0 Å². The summed E-state index contributed by atoms with van der Waals surface area (Å²) < 4.78 is 11.0. The second kappa shape index (κ2) is 8.85. The smallest absolute Gasteiger partial charge is 0.305 e. The van der Waals surface area contributed by atoms with E-state index in [9.17, 15) is 9.59 Å². The van der Waals surface area contributed by atoms with E-state index in [1.54, 1.807) is 30.6 Å². The lowest BCUT2D eigenvalue weighted by Gasteiger charge is -2.33. The Morgan fingerprint density at radius 2 is 2.07 bits per heavy atom. The first-order valence-electron chi connectivity index (χ1n) is 8.47. The number of hydrogen-bond acceptors (Lipinski definition) is 6. The zero-order valence-electron chi connectivity index (χ0n) is 15.8. The highest BCUT2D eigenvalue weighted by atomic mass is 32.1. The van der Waals surface area contributed by atoms with Gasteiger partial charge < -0.3 is 19.9 Å². The third-order valence-corrected chi connectivity index (χ3v) is 5.11. The molecular formula is C19H24N2O5S. The number of methoxy groups -OCH3 is 1. The largest absolute Gasteiger partial charge is 0.493 e. The first-order valence-corrected chi connectivity index (χ1v) is 9.41. The molecule has 2 rings (SSSR count). The molecule has 1 amide bonds. The zero-order chi connectivity index (χ0) is 20.0. The van der Waals surface area contributed by atoms with Crippen LogP contribution in [-0.4, -0.2) is 34.6 Å². The molecule has 1 atom stereocenters. The van der Waals surface area contributed by atoms with Gasteiger partial charge in [0.05, 0.1) is 30.3 Å². The van der Waals surface area contributed by atoms with Gasteiger partial charge in [0.2, 0.25) is 0 Å². The molecule has 146 valence electrons. The molecular weight excluding hydrogens is 368 g/mol. The number of carbonyl (C=O) groups excluding carboxylic acids is 1. The summed E-state index contributed by atoms with van der Waals surface area (Å²) in [4.78, 5) is 28.0. The highest BCUT2D eigenvalue weighted by molar-refractivity contribution is 7.07. The predicted molar refractivity (Wildman–Crippen MR) is 102 cm³/mol. The van der Waals surface area contributed by atoms with Crippen LogP contribution in [0.1, 0.15) is 43.2 Å². The lowest BCUT2D eigenvalue weighted by molar-refractivity contribution is -0.138. The van der Waals surface area contributed by atoms with Crippen molar-refractivity contribution in [1.29, 1.82) is 0 Å². The molecule has 7 nitrogen and oxygen atoms in total. The molecule has 1 heterocycles. The number of thiazole rings is 1. The number of carboxylic acid groups (broad SMARTS) is 1. The fourth-order valence-corrected chi connectivity index (χ4v) is 2.97. The lowest BCUT2D eigenvalue weighted by Crippen LogP contribution is -2.51. The third kappa shape index (κ3) is 5.43. The molecule has 0 spiro atoms. The van der Waals surface area contributed by atoms with Gasteiger partial charge in [-0.15, -0.1) is 11.3 Å². The number of nitrogens with one attached hydrogen (secondary N) is 1. The topological polar surface area (TPSA) is 97.8 Å². The molecule has 0 saturated heterocycles. The molecule has 2 N–H and O–H groups in total. The van der Waals surface area contributed by atoms with Crippen molar-refractivity contribution in [2.45, 2.75) is 39.3 Å². The maximum absolute atomic E-state index is 12.7. The van der Waals surface area contributed by atoms with Crippen molar-refractivity contribution >= 4 is 23.2 Å². The first-order chi connectivity index (χ1) is 12.7. The van der Waals surface area contributed by atoms with Gasteiger partial charge in [0.15, 0.2) is 11.5 Å². The summed E-state index contributed by atoms with van der Waals surface area (Å²) >= 11 is 1.49. The number of ether oxygens (including phenoxy) is 2. The number of rotatable bonds is 9. The zero-order valence-corrected chi connectivity index (χ0v) is 16.6. The highest BCUT2D eigenvalue weighted by Crippen LogP contribution is 2.29. The Balaban J connectivity index is 2.15. The fraction of sp³-hybridized carbons (Fsp3) is 0.421. The Hall–Kier alpha value is -2.61. The Morgan fingerprint density at radius 1 is 1.33 bits per heavy atom. The first kappa shape index (κ1) is 20.7. The maximum atomic E-state index is 12.7. The number of aromatic nitrogens is 1. The van der Waals surface area contributed by atoms with Gasteiger partial charge in [-0.2, -0.15) is 0 Å². The Morgan fingerprint density at radius 3 is 2.63 bits per heavy atom. The van der Waals surface area contributed by atoms with E-state index in [2.05, 4.69) is 10.3 Å². The van der Waals surface area contributed by atoms with Crippen LogP contribution in [0.15, 0.2) is 29.1 Å². The van der Waals surface area contributed by atoms with Crippen molar-refractivity contribution in [3.63, 3.8) is 0 Å². The molecule has 0 radical (unpaired) electrons. The molecule has 1 unspecified atom stereocenters. The van der Waals surface area contributed by atoms with E-state index < -0.39 is 11.5 Å². The van der Waals surface area contributed by atoms with Crippen LogP contribution in [-0.2, 0) is 11.4 Å². The summed E-state index contributed by atoms with van der Waals surface area (Å²) in [7, 11) is 1.50. The SMILES string of the molecule is COc1cc(C(=O)NC(C)(CC(=O)O)C(C)C)ccc1OCc1cscn1. The van der Waals surface area contributed by atoms with E-state index in [0.29, 0.717) is 23.7 Å². The summed E-state index contributed by atoms with van der Waals surface area (Å²) in [6.45, 7) is 5.78. The van der Waals surface area contributed by atoms with Gasteiger partial charge >= 0.3 is 5.97 Å². The highest BCUT2D eigenvalue weighted by Gasteiger charge is 2.33. The molecule has 0 aliphatic carbocycles. The average molecular weight is 392 g/mol. The maximum Gasteiger partial charge on any atom is 0.305 e. The van der Waals surface area contributed by atoms with E-state index in [4.69, 9.17) is 14.6 Å². The number of aliphatic carboxylic acids is 1. The standard InChI is InChI=1S/C19H24N2O5S/c1-12(2)19(3,8-17(22)23)21-18(24)13-5-6-15(16(7-13)25-4)26-9-14-10-27-11-20-14/h5-7,10-12H,8-9H2,1-4H3,(H,21,24)(H,22,23). The molecule has 2 aromatic rings. The van der Waals surface area contributed by atoms with E-state index in [0.717, 1.165) is 5.69 Å². The summed E-state index contributed by atoms with van der Waals surface area (Å²) in [5, 5.41) is 13.9. The summed E-state index contributed by atoms with van der Waals surface area (Å²) in [6, 6.07) is 4.85. The van der Waals surface area contributed by atoms with Gasteiger partial charge in [0, 0.05) is 10.9 Å². The van der Waals surface area contributed by atoms with Crippen LogP contribution in [0, 0.1) is 5.92 Å². The monoisotopic (exact) mass is 392 g/mol. The molecule has 0 bridgehead atoms. The molecule has 0 saturated carbocycles. The van der Waals surface area contributed by atoms with Crippen molar-refractivity contribution in [1.82, 2.24) is 10.3 Å². The number of amides is 1. The molecule has 8 heteroatoms. The molecule has 1 aromatic carbocycles. The van der Waals surface area contributed by atoms with Gasteiger partial charge in [-0.05, 0) is 31.0 Å². The number of benzene rings is 1. The molecule has 0 fully saturated rings. The third-order valence-electron chi connectivity index (χ3n) is 4.48. The Labute approximate surface area is 162 Å². The van der Waals surface area contributed by atoms with Crippen molar-refractivity contribution in [3.05, 3.63) is 40.3 Å². The van der Waals surface area contributed by atoms with Crippen LogP contribution in [0.25, 0.3) is 0 Å². The number of carbonyl (C=O) groups is 2. The minimum Gasteiger partial charge on any atom is -0.493 e. The lowest BCUT2D eigenvalue weighted by atomic mass is 9.85. The van der Waals surface area contributed by atoms with Crippen molar-refractivity contribution < 1.29 is 24.2 Å². The minimum atomic E-state index is -0.963. The number of nitrogens with zero attached hydrogens (tertiary/aromatic N) is 1. The second-order valence-electron chi connectivity index (χ2n) is 6.73. The van der Waals surface area contributed by atoms with Gasteiger partial charge in [0.1, 0.15) is 6.61 Å². The summed E-state index contributed by atoms with van der Waals surface area (Å²) in [5.74, 6) is -0.464. The van der Waals surface area contributed by atoms with Crippen LogP contribution >= 0.6 is 11.3 Å². The van der Waals surface area contributed by atoms with Gasteiger partial charge in [-0.1, -0.05) is 13.8 Å². The minimum absolute atomic E-state index is 0.0554. The van der Waals surface area contributed by atoms with Crippen molar-refractivity contribution in [3.8, 4) is 11.5 Å². The normalized spacial score (nSPS) is 13.1. The van der Waals surface area contributed by atoms with Crippen LogP contribution in [0.5, 0.6) is 11.5 Å². The van der Waals surface area contributed by atoms with Crippen LogP contribution in [0.3, 0.4) is 0 Å². The van der Waals surface area contributed by atoms with Crippen molar-refractivity contribution in [2.24, 2.45) is 5.92 Å². The van der Waals surface area contributed by atoms with E-state index in [-0.39, 0.29) is 18.2 Å². The van der Waals surface area contributed by atoms with Gasteiger partial charge in [0.25, 0.3) is 5.91 Å². The molecule has 27 heavy (non-hydrogen) atoms. The molecule has 0 aliphatic rings.